The Morgan fingerprint density at radius 2 is 2.04 bits per heavy atom. The molecular weight excluding hydrogens is 324 g/mol. The summed E-state index contributed by atoms with van der Waals surface area (Å²) in [6, 6.07) is 0. The first-order valence-corrected chi connectivity index (χ1v) is 10.1. The molecule has 2 aliphatic carbocycles. The van der Waals surface area contributed by atoms with Gasteiger partial charge < -0.3 is 4.90 Å². The van der Waals surface area contributed by atoms with E-state index in [4.69, 9.17) is 0 Å². The van der Waals surface area contributed by atoms with Gasteiger partial charge in [0.05, 0.1) is 11.6 Å². The van der Waals surface area contributed by atoms with Crippen molar-refractivity contribution in [3.63, 3.8) is 0 Å². The minimum absolute atomic E-state index is 0.120. The number of fused-ring (bicyclic) bond motifs is 2. The number of piperazine rings is 1. The monoisotopic (exact) mass is 356 g/mol. The zero-order valence-electron chi connectivity index (χ0n) is 16.5. The molecule has 142 valence electrons. The third-order valence-electron chi connectivity index (χ3n) is 7.38. The Bertz CT molecular complexity index is 713. The maximum Gasteiger partial charge on any atom is 0.232 e. The fraction of sp³-hybridized carbons (Fsp3) is 0.714. The molecule has 1 aliphatic heterocycles. The largest absolute Gasteiger partial charge is 0.339 e. The normalized spacial score (nSPS) is 31.0. The molecule has 3 fully saturated rings. The molecule has 2 heterocycles. The highest BCUT2D eigenvalue weighted by Crippen LogP contribution is 2.65. The summed E-state index contributed by atoms with van der Waals surface area (Å²) in [7, 11) is 0. The summed E-state index contributed by atoms with van der Waals surface area (Å²) in [5.41, 5.74) is 2.31. The standard InChI is InChI=1S/C21H32N4O/c1-5-25-15-17(13-22-25)14-23-8-10-24(11-9-23)19(26)21-7-6-18(12-21)20(3,4)16(21)2/h13,15,18H,2,5-12,14H2,1,3-4H3/t18-,21+/m0/s1. The second-order valence-corrected chi connectivity index (χ2v) is 8.99. The minimum Gasteiger partial charge on any atom is -0.339 e. The van der Waals surface area contributed by atoms with Crippen molar-refractivity contribution in [1.29, 1.82) is 0 Å². The lowest BCUT2D eigenvalue weighted by Crippen LogP contribution is -2.53. The number of nitrogens with zero attached hydrogens (tertiary/aromatic N) is 4. The molecule has 2 saturated carbocycles. The number of hydrogen-bond acceptors (Lipinski definition) is 3. The van der Waals surface area contributed by atoms with E-state index >= 15 is 0 Å². The average molecular weight is 357 g/mol. The van der Waals surface area contributed by atoms with Crippen molar-refractivity contribution < 1.29 is 4.79 Å². The number of carbonyl (C=O) groups is 1. The molecule has 1 aromatic heterocycles. The number of carbonyl (C=O) groups excluding carboxylic acids is 1. The lowest BCUT2D eigenvalue weighted by Gasteiger charge is -2.42. The number of hydrogen-bond donors (Lipinski definition) is 0. The van der Waals surface area contributed by atoms with Gasteiger partial charge in [-0.3, -0.25) is 14.4 Å². The summed E-state index contributed by atoms with van der Waals surface area (Å²) < 4.78 is 1.97. The Kier molecular flexibility index (Phi) is 4.25. The first kappa shape index (κ1) is 17.8. The molecule has 0 spiro atoms. The van der Waals surface area contributed by atoms with Crippen molar-refractivity contribution in [2.45, 2.75) is 53.1 Å². The Labute approximate surface area is 157 Å². The number of rotatable bonds is 4. The van der Waals surface area contributed by atoms with Gasteiger partial charge in [-0.1, -0.05) is 26.0 Å². The van der Waals surface area contributed by atoms with Crippen LogP contribution in [0.3, 0.4) is 0 Å². The Hall–Kier alpha value is -1.62. The number of aromatic nitrogens is 2. The first-order valence-electron chi connectivity index (χ1n) is 10.1. The average Bonchev–Trinajstić information content (AvgIpc) is 3.32. The van der Waals surface area contributed by atoms with Gasteiger partial charge in [0.25, 0.3) is 0 Å². The molecule has 4 rings (SSSR count). The zero-order valence-corrected chi connectivity index (χ0v) is 16.5. The first-order chi connectivity index (χ1) is 12.4. The fourth-order valence-electron chi connectivity index (χ4n) is 5.45. The Morgan fingerprint density at radius 3 is 2.62 bits per heavy atom. The van der Waals surface area contributed by atoms with Gasteiger partial charge in [-0.25, -0.2) is 0 Å². The SMILES string of the molecule is C=C1C(C)(C)[C@H]2CC[C@@]1(C(=O)N1CCN(Cc3cnn(CC)c3)CC1)C2. The molecule has 2 bridgehead atoms. The molecule has 1 aromatic rings. The van der Waals surface area contributed by atoms with Crippen molar-refractivity contribution in [3.05, 3.63) is 30.1 Å². The van der Waals surface area contributed by atoms with Crippen molar-refractivity contribution in [2.75, 3.05) is 26.2 Å². The number of aryl methyl sites for hydroxylation is 1. The van der Waals surface area contributed by atoms with E-state index in [-0.39, 0.29) is 10.8 Å². The van der Waals surface area contributed by atoms with Crippen LogP contribution in [0.5, 0.6) is 0 Å². The summed E-state index contributed by atoms with van der Waals surface area (Å²) in [5, 5.41) is 4.36. The topological polar surface area (TPSA) is 41.4 Å². The van der Waals surface area contributed by atoms with Crippen LogP contribution in [0.15, 0.2) is 24.5 Å². The van der Waals surface area contributed by atoms with Gasteiger partial charge in [0.1, 0.15) is 0 Å². The summed E-state index contributed by atoms with van der Waals surface area (Å²) in [6.07, 6.45) is 7.30. The summed E-state index contributed by atoms with van der Waals surface area (Å²) >= 11 is 0. The smallest absolute Gasteiger partial charge is 0.232 e. The third-order valence-corrected chi connectivity index (χ3v) is 7.38. The van der Waals surface area contributed by atoms with Crippen LogP contribution in [0.1, 0.15) is 45.6 Å². The van der Waals surface area contributed by atoms with Crippen LogP contribution in [-0.2, 0) is 17.9 Å². The van der Waals surface area contributed by atoms with Crippen LogP contribution >= 0.6 is 0 Å². The molecule has 0 unspecified atom stereocenters. The van der Waals surface area contributed by atoms with Gasteiger partial charge in [-0.2, -0.15) is 5.10 Å². The Morgan fingerprint density at radius 1 is 1.31 bits per heavy atom. The molecule has 5 heteroatoms. The summed E-state index contributed by atoms with van der Waals surface area (Å²) in [5.74, 6) is 0.990. The summed E-state index contributed by atoms with van der Waals surface area (Å²) in [4.78, 5) is 18.0. The highest BCUT2D eigenvalue weighted by molar-refractivity contribution is 5.87. The zero-order chi connectivity index (χ0) is 18.5. The van der Waals surface area contributed by atoms with Crippen LogP contribution in [0.25, 0.3) is 0 Å². The van der Waals surface area contributed by atoms with E-state index in [9.17, 15) is 4.79 Å². The molecule has 2 atom stereocenters. The van der Waals surface area contributed by atoms with Crippen LogP contribution in [0.4, 0.5) is 0 Å². The van der Waals surface area contributed by atoms with E-state index < -0.39 is 0 Å². The minimum atomic E-state index is -0.265. The van der Waals surface area contributed by atoms with Crippen LogP contribution in [-0.4, -0.2) is 51.7 Å². The number of amides is 1. The van der Waals surface area contributed by atoms with E-state index in [1.807, 2.05) is 10.9 Å². The predicted molar refractivity (Wildman–Crippen MR) is 102 cm³/mol. The fourth-order valence-corrected chi connectivity index (χ4v) is 5.45. The second-order valence-electron chi connectivity index (χ2n) is 8.99. The van der Waals surface area contributed by atoms with Gasteiger partial charge in [0, 0.05) is 51.0 Å². The maximum absolute atomic E-state index is 13.4. The van der Waals surface area contributed by atoms with Crippen LogP contribution in [0.2, 0.25) is 0 Å². The molecule has 0 N–H and O–H groups in total. The van der Waals surface area contributed by atoms with Crippen LogP contribution < -0.4 is 0 Å². The molecule has 26 heavy (non-hydrogen) atoms. The third kappa shape index (κ3) is 2.63. The van der Waals surface area contributed by atoms with Gasteiger partial charge >= 0.3 is 0 Å². The van der Waals surface area contributed by atoms with E-state index in [1.165, 1.54) is 17.6 Å². The molecule has 0 radical (unpaired) electrons. The molecule has 5 nitrogen and oxygen atoms in total. The van der Waals surface area contributed by atoms with Gasteiger partial charge in [0.2, 0.25) is 5.91 Å². The molecule has 0 aromatic carbocycles. The highest BCUT2D eigenvalue weighted by atomic mass is 16.2. The molecule has 1 amide bonds. The molecule has 1 saturated heterocycles. The lowest BCUT2D eigenvalue weighted by molar-refractivity contribution is -0.141. The lowest BCUT2D eigenvalue weighted by atomic mass is 9.68. The van der Waals surface area contributed by atoms with Crippen molar-refractivity contribution in [2.24, 2.45) is 16.7 Å². The van der Waals surface area contributed by atoms with Crippen molar-refractivity contribution >= 4 is 5.91 Å². The van der Waals surface area contributed by atoms with Gasteiger partial charge in [-0.15, -0.1) is 0 Å². The highest BCUT2D eigenvalue weighted by Gasteiger charge is 2.61. The quantitative estimate of drug-likeness (QED) is 0.779. The summed E-state index contributed by atoms with van der Waals surface area (Å²) in [6.45, 7) is 16.4. The van der Waals surface area contributed by atoms with Gasteiger partial charge in [0.15, 0.2) is 0 Å². The van der Waals surface area contributed by atoms with Crippen molar-refractivity contribution in [3.8, 4) is 0 Å². The predicted octanol–water partition coefficient (Wildman–Crippen LogP) is 2.93. The van der Waals surface area contributed by atoms with Crippen LogP contribution in [0, 0.1) is 16.7 Å². The van der Waals surface area contributed by atoms with E-state index in [0.717, 1.165) is 52.1 Å². The van der Waals surface area contributed by atoms with E-state index in [2.05, 4.69) is 48.4 Å². The van der Waals surface area contributed by atoms with E-state index in [1.54, 1.807) is 0 Å². The maximum atomic E-state index is 13.4. The van der Waals surface area contributed by atoms with Gasteiger partial charge in [-0.05, 0) is 37.5 Å². The molecular formula is C21H32N4O. The second kappa shape index (κ2) is 6.22. The van der Waals surface area contributed by atoms with Crippen molar-refractivity contribution in [1.82, 2.24) is 19.6 Å². The molecule has 3 aliphatic rings. The Balaban J connectivity index is 1.37. The van der Waals surface area contributed by atoms with E-state index in [0.29, 0.717) is 11.8 Å².